The van der Waals surface area contributed by atoms with Crippen LogP contribution >= 0.6 is 0 Å². The van der Waals surface area contributed by atoms with E-state index in [-0.39, 0.29) is 18.4 Å². The molecule has 41 heavy (non-hydrogen) atoms. The van der Waals surface area contributed by atoms with Crippen molar-refractivity contribution in [2.75, 3.05) is 23.7 Å². The highest BCUT2D eigenvalue weighted by Gasteiger charge is 2.33. The fraction of sp³-hybridized carbons (Fsp3) is 0.394. The maximum Gasteiger partial charge on any atom is 0.244 e. The molecule has 0 aromatic heterocycles. The largest absolute Gasteiger partial charge is 0.354 e. The van der Waals surface area contributed by atoms with Crippen molar-refractivity contribution in [3.63, 3.8) is 0 Å². The lowest BCUT2D eigenvalue weighted by Crippen LogP contribution is -2.53. The number of aryl methyl sites for hydroxylation is 1. The van der Waals surface area contributed by atoms with E-state index in [0.717, 1.165) is 45.7 Å². The molecule has 0 saturated carbocycles. The molecule has 8 heteroatoms. The topological polar surface area (TPSA) is 86.8 Å². The second kappa shape index (κ2) is 14.8. The molecule has 0 spiro atoms. The minimum atomic E-state index is -3.80. The molecule has 3 aromatic carbocycles. The van der Waals surface area contributed by atoms with Crippen molar-refractivity contribution in [2.45, 2.75) is 65.5 Å². The van der Waals surface area contributed by atoms with Crippen LogP contribution in [0, 0.1) is 6.92 Å². The number of benzene rings is 3. The number of hydrogen-bond donors (Lipinski definition) is 1. The van der Waals surface area contributed by atoms with Crippen molar-refractivity contribution >= 4 is 27.5 Å². The molecule has 0 aliphatic heterocycles. The Morgan fingerprint density at radius 3 is 2.12 bits per heavy atom. The first kappa shape index (κ1) is 31.9. The number of anilines is 1. The fourth-order valence-electron chi connectivity index (χ4n) is 4.67. The third kappa shape index (κ3) is 9.18. The van der Waals surface area contributed by atoms with E-state index in [1.54, 1.807) is 12.1 Å². The van der Waals surface area contributed by atoms with E-state index in [1.807, 2.05) is 73.7 Å². The Hall–Kier alpha value is -3.65. The molecule has 0 fully saturated rings. The van der Waals surface area contributed by atoms with Crippen LogP contribution in [0.5, 0.6) is 0 Å². The first-order chi connectivity index (χ1) is 19.5. The molecule has 7 nitrogen and oxygen atoms in total. The highest BCUT2D eigenvalue weighted by molar-refractivity contribution is 7.92. The maximum atomic E-state index is 14.2. The standard InChI is InChI=1S/C33H43N3O4S/c1-6-7-21-34-33(38)31(22-27-14-9-8-10-15-27)35(23-29-16-12-11-13-26(29)4)32(37)24-36(41(5,39)40)30-19-17-28(18-20-30)25(2)3/h8-20,25,31H,6-7,21-24H2,1-5H3,(H,34,38)/t31-/m1/s1. The summed E-state index contributed by atoms with van der Waals surface area (Å²) >= 11 is 0. The Balaban J connectivity index is 2.03. The van der Waals surface area contributed by atoms with Gasteiger partial charge in [-0.1, -0.05) is 93.9 Å². The van der Waals surface area contributed by atoms with Gasteiger partial charge in [0.25, 0.3) is 0 Å². The van der Waals surface area contributed by atoms with Gasteiger partial charge in [0.05, 0.1) is 11.9 Å². The third-order valence-electron chi connectivity index (χ3n) is 7.23. The molecular formula is C33H43N3O4S. The molecule has 1 atom stereocenters. The van der Waals surface area contributed by atoms with Gasteiger partial charge in [0.2, 0.25) is 21.8 Å². The van der Waals surface area contributed by atoms with Crippen LogP contribution in [0.4, 0.5) is 5.69 Å². The van der Waals surface area contributed by atoms with E-state index in [4.69, 9.17) is 0 Å². The highest BCUT2D eigenvalue weighted by atomic mass is 32.2. The molecule has 0 bridgehead atoms. The van der Waals surface area contributed by atoms with Crippen molar-refractivity contribution in [1.82, 2.24) is 10.2 Å². The van der Waals surface area contributed by atoms with Crippen molar-refractivity contribution in [2.24, 2.45) is 0 Å². The SMILES string of the molecule is CCCCNC(=O)[C@@H](Cc1ccccc1)N(Cc1ccccc1C)C(=O)CN(c1ccc(C(C)C)cc1)S(C)(=O)=O. The average molecular weight is 578 g/mol. The Morgan fingerprint density at radius 1 is 0.902 bits per heavy atom. The molecule has 0 heterocycles. The monoisotopic (exact) mass is 577 g/mol. The third-order valence-corrected chi connectivity index (χ3v) is 8.37. The van der Waals surface area contributed by atoms with E-state index < -0.39 is 28.5 Å². The van der Waals surface area contributed by atoms with Crippen LogP contribution in [0.1, 0.15) is 61.8 Å². The van der Waals surface area contributed by atoms with Crippen LogP contribution in [0.15, 0.2) is 78.9 Å². The lowest BCUT2D eigenvalue weighted by atomic mass is 10.0. The molecule has 220 valence electrons. The number of carbonyl (C=O) groups excluding carboxylic acids is 2. The van der Waals surface area contributed by atoms with E-state index in [0.29, 0.717) is 18.7 Å². The summed E-state index contributed by atoms with van der Waals surface area (Å²) in [7, 11) is -3.80. The first-order valence-electron chi connectivity index (χ1n) is 14.2. The number of nitrogens with zero attached hydrogens (tertiary/aromatic N) is 2. The van der Waals surface area contributed by atoms with Gasteiger partial charge in [0, 0.05) is 19.5 Å². The quantitative estimate of drug-likeness (QED) is 0.259. The summed E-state index contributed by atoms with van der Waals surface area (Å²) < 4.78 is 27.1. The van der Waals surface area contributed by atoms with Gasteiger partial charge in [-0.15, -0.1) is 0 Å². The summed E-state index contributed by atoms with van der Waals surface area (Å²) in [5.41, 5.74) is 4.27. The van der Waals surface area contributed by atoms with Crippen molar-refractivity contribution in [1.29, 1.82) is 0 Å². The van der Waals surface area contributed by atoms with E-state index in [9.17, 15) is 18.0 Å². The van der Waals surface area contributed by atoms with Crippen molar-refractivity contribution in [3.8, 4) is 0 Å². The van der Waals surface area contributed by atoms with Gasteiger partial charge in [-0.2, -0.15) is 0 Å². The number of nitrogens with one attached hydrogen (secondary N) is 1. The van der Waals surface area contributed by atoms with E-state index >= 15 is 0 Å². The van der Waals surface area contributed by atoms with Crippen LogP contribution in [0.25, 0.3) is 0 Å². The van der Waals surface area contributed by atoms with Crippen LogP contribution in [0.3, 0.4) is 0 Å². The number of rotatable bonds is 14. The molecule has 0 saturated heterocycles. The fourth-order valence-corrected chi connectivity index (χ4v) is 5.52. The van der Waals surface area contributed by atoms with Gasteiger partial charge in [-0.05, 0) is 53.6 Å². The maximum absolute atomic E-state index is 14.2. The summed E-state index contributed by atoms with van der Waals surface area (Å²) in [6.07, 6.45) is 3.15. The molecule has 3 aromatic rings. The lowest BCUT2D eigenvalue weighted by molar-refractivity contribution is -0.140. The van der Waals surface area contributed by atoms with Crippen LogP contribution in [-0.4, -0.2) is 50.5 Å². The van der Waals surface area contributed by atoms with Gasteiger partial charge in [0.1, 0.15) is 12.6 Å². The smallest absolute Gasteiger partial charge is 0.244 e. The molecule has 0 unspecified atom stereocenters. The predicted octanol–water partition coefficient (Wildman–Crippen LogP) is 5.44. The summed E-state index contributed by atoms with van der Waals surface area (Å²) in [4.78, 5) is 29.4. The molecule has 2 amide bonds. The lowest BCUT2D eigenvalue weighted by Gasteiger charge is -2.34. The summed E-state index contributed by atoms with van der Waals surface area (Å²) in [5, 5.41) is 3.01. The Morgan fingerprint density at radius 2 is 1.54 bits per heavy atom. The van der Waals surface area contributed by atoms with Crippen LogP contribution in [-0.2, 0) is 32.6 Å². The number of carbonyl (C=O) groups is 2. The van der Waals surface area contributed by atoms with Gasteiger partial charge < -0.3 is 10.2 Å². The molecule has 1 N–H and O–H groups in total. The molecular weight excluding hydrogens is 534 g/mol. The van der Waals surface area contributed by atoms with Crippen molar-refractivity contribution in [3.05, 3.63) is 101 Å². The second-order valence-corrected chi connectivity index (χ2v) is 12.7. The summed E-state index contributed by atoms with van der Waals surface area (Å²) in [5.74, 6) is -0.415. The average Bonchev–Trinajstić information content (AvgIpc) is 2.94. The Bertz CT molecular complexity index is 1390. The zero-order chi connectivity index (χ0) is 30.0. The zero-order valence-electron chi connectivity index (χ0n) is 24.8. The number of hydrogen-bond acceptors (Lipinski definition) is 4. The van der Waals surface area contributed by atoms with Gasteiger partial charge in [0.15, 0.2) is 0 Å². The normalized spacial score (nSPS) is 12.1. The summed E-state index contributed by atoms with van der Waals surface area (Å²) in [6, 6.07) is 23.7. The number of amides is 2. The van der Waals surface area contributed by atoms with E-state index in [2.05, 4.69) is 26.1 Å². The summed E-state index contributed by atoms with van der Waals surface area (Å²) in [6.45, 7) is 8.40. The Kier molecular flexibility index (Phi) is 11.5. The predicted molar refractivity (Wildman–Crippen MR) is 166 cm³/mol. The first-order valence-corrected chi connectivity index (χ1v) is 16.1. The minimum absolute atomic E-state index is 0.175. The van der Waals surface area contributed by atoms with Gasteiger partial charge in [-0.25, -0.2) is 8.42 Å². The van der Waals surface area contributed by atoms with Gasteiger partial charge >= 0.3 is 0 Å². The molecule has 0 aliphatic carbocycles. The van der Waals surface area contributed by atoms with E-state index in [1.165, 1.54) is 4.90 Å². The molecule has 3 rings (SSSR count). The van der Waals surface area contributed by atoms with Crippen LogP contribution in [0.2, 0.25) is 0 Å². The minimum Gasteiger partial charge on any atom is -0.354 e. The molecule has 0 radical (unpaired) electrons. The number of sulfonamides is 1. The Labute approximate surface area is 245 Å². The van der Waals surface area contributed by atoms with Crippen LogP contribution < -0.4 is 9.62 Å². The van der Waals surface area contributed by atoms with Gasteiger partial charge in [-0.3, -0.25) is 13.9 Å². The van der Waals surface area contributed by atoms with Crippen molar-refractivity contribution < 1.29 is 18.0 Å². The zero-order valence-corrected chi connectivity index (χ0v) is 25.7. The highest BCUT2D eigenvalue weighted by Crippen LogP contribution is 2.24. The molecule has 0 aliphatic rings. The second-order valence-electron chi connectivity index (χ2n) is 10.8. The number of unbranched alkanes of at least 4 members (excludes halogenated alkanes) is 1.